The van der Waals surface area contributed by atoms with Crippen LogP contribution in [-0.2, 0) is 16.0 Å². The summed E-state index contributed by atoms with van der Waals surface area (Å²) in [5.74, 6) is -0.263. The highest BCUT2D eigenvalue weighted by Gasteiger charge is 2.29. The minimum Gasteiger partial charge on any atom is -0.380 e. The van der Waals surface area contributed by atoms with E-state index in [1.54, 1.807) is 6.07 Å². The molecule has 2 N–H and O–H groups in total. The van der Waals surface area contributed by atoms with Crippen LogP contribution in [0.2, 0.25) is 0 Å². The van der Waals surface area contributed by atoms with Crippen molar-refractivity contribution in [1.82, 2.24) is 0 Å². The zero-order valence-corrected chi connectivity index (χ0v) is 12.5. The standard InChI is InChI=1S/C16H21FN2O2/c1-16(2)9-11(5-6-21-16)18-14-8-13-10(7-12(14)17)3-4-15(20)19-13/h7-8,11,18H,3-6,9H2,1-2H3,(H,19,20). The lowest BCUT2D eigenvalue weighted by Gasteiger charge is -2.36. The molecule has 2 aliphatic heterocycles. The number of aryl methyl sites for hydroxylation is 1. The molecule has 0 bridgehead atoms. The highest BCUT2D eigenvalue weighted by atomic mass is 19.1. The predicted molar refractivity (Wildman–Crippen MR) is 80.0 cm³/mol. The Labute approximate surface area is 124 Å². The molecule has 0 saturated carbocycles. The zero-order valence-electron chi connectivity index (χ0n) is 12.5. The van der Waals surface area contributed by atoms with Gasteiger partial charge >= 0.3 is 0 Å². The molecule has 2 aliphatic rings. The van der Waals surface area contributed by atoms with E-state index in [4.69, 9.17) is 4.74 Å². The van der Waals surface area contributed by atoms with Gasteiger partial charge < -0.3 is 15.4 Å². The minimum absolute atomic E-state index is 0.00717. The quantitative estimate of drug-likeness (QED) is 0.880. The second-order valence-electron chi connectivity index (χ2n) is 6.48. The fraction of sp³-hybridized carbons (Fsp3) is 0.562. The van der Waals surface area contributed by atoms with Gasteiger partial charge in [0.1, 0.15) is 5.82 Å². The summed E-state index contributed by atoms with van der Waals surface area (Å²) in [6.07, 6.45) is 2.71. The van der Waals surface area contributed by atoms with E-state index >= 15 is 0 Å². The number of benzene rings is 1. The van der Waals surface area contributed by atoms with Crippen molar-refractivity contribution in [2.75, 3.05) is 17.2 Å². The van der Waals surface area contributed by atoms with Crippen molar-refractivity contribution in [2.45, 2.75) is 51.2 Å². The molecule has 0 spiro atoms. The van der Waals surface area contributed by atoms with E-state index in [1.807, 2.05) is 13.8 Å². The Hall–Kier alpha value is -1.62. The third-order valence-corrected chi connectivity index (χ3v) is 4.15. The van der Waals surface area contributed by atoms with Crippen LogP contribution >= 0.6 is 0 Å². The molecule has 0 aliphatic carbocycles. The molecule has 1 aromatic rings. The number of carbonyl (C=O) groups excluding carboxylic acids is 1. The molecule has 4 nitrogen and oxygen atoms in total. The number of nitrogens with one attached hydrogen (secondary N) is 2. The van der Waals surface area contributed by atoms with E-state index in [-0.39, 0.29) is 23.4 Å². The molecule has 1 saturated heterocycles. The first kappa shape index (κ1) is 14.3. The minimum atomic E-state index is -0.255. The van der Waals surface area contributed by atoms with Gasteiger partial charge in [0, 0.05) is 24.8 Å². The number of carbonyl (C=O) groups is 1. The summed E-state index contributed by atoms with van der Waals surface area (Å²) in [4.78, 5) is 11.5. The summed E-state index contributed by atoms with van der Waals surface area (Å²) in [5.41, 5.74) is 1.86. The van der Waals surface area contributed by atoms with E-state index in [1.165, 1.54) is 6.07 Å². The molecule has 114 valence electrons. The maximum Gasteiger partial charge on any atom is 0.224 e. The summed E-state index contributed by atoms with van der Waals surface area (Å²) in [6.45, 7) is 4.77. The number of hydrogen-bond acceptors (Lipinski definition) is 3. The summed E-state index contributed by atoms with van der Waals surface area (Å²) >= 11 is 0. The van der Waals surface area contributed by atoms with E-state index in [0.717, 1.165) is 24.1 Å². The Kier molecular flexibility index (Phi) is 3.61. The third kappa shape index (κ3) is 3.18. The Morgan fingerprint density at radius 3 is 2.95 bits per heavy atom. The molecule has 2 heterocycles. The number of halogens is 1. The SMILES string of the molecule is CC1(C)CC(Nc2cc3c(cc2F)CCC(=O)N3)CCO1. The molecule has 1 amide bonds. The monoisotopic (exact) mass is 292 g/mol. The molecule has 1 atom stereocenters. The van der Waals surface area contributed by atoms with Crippen molar-refractivity contribution >= 4 is 17.3 Å². The summed E-state index contributed by atoms with van der Waals surface area (Å²) < 4.78 is 19.9. The highest BCUT2D eigenvalue weighted by molar-refractivity contribution is 5.94. The van der Waals surface area contributed by atoms with Crippen molar-refractivity contribution in [3.8, 4) is 0 Å². The summed E-state index contributed by atoms with van der Waals surface area (Å²) in [6, 6.07) is 3.42. The Balaban J connectivity index is 1.79. The Morgan fingerprint density at radius 2 is 2.19 bits per heavy atom. The molecular formula is C16H21FN2O2. The van der Waals surface area contributed by atoms with Crippen molar-refractivity contribution in [1.29, 1.82) is 0 Å². The van der Waals surface area contributed by atoms with Crippen LogP contribution in [0.4, 0.5) is 15.8 Å². The number of amides is 1. The largest absolute Gasteiger partial charge is 0.380 e. The first-order valence-corrected chi connectivity index (χ1v) is 7.46. The van der Waals surface area contributed by atoms with Crippen molar-refractivity contribution < 1.29 is 13.9 Å². The van der Waals surface area contributed by atoms with Gasteiger partial charge in [-0.2, -0.15) is 0 Å². The van der Waals surface area contributed by atoms with E-state index < -0.39 is 0 Å². The summed E-state index contributed by atoms with van der Waals surface area (Å²) in [7, 11) is 0. The van der Waals surface area contributed by atoms with Gasteiger partial charge in [0.25, 0.3) is 0 Å². The number of fused-ring (bicyclic) bond motifs is 1. The molecule has 0 aromatic heterocycles. The van der Waals surface area contributed by atoms with Gasteiger partial charge in [-0.1, -0.05) is 0 Å². The molecule has 0 radical (unpaired) electrons. The second-order valence-corrected chi connectivity index (χ2v) is 6.48. The van der Waals surface area contributed by atoms with Crippen LogP contribution in [0.3, 0.4) is 0 Å². The molecule has 1 fully saturated rings. The number of hydrogen-bond donors (Lipinski definition) is 2. The van der Waals surface area contributed by atoms with E-state index in [9.17, 15) is 9.18 Å². The fourth-order valence-corrected chi connectivity index (χ4v) is 3.08. The van der Waals surface area contributed by atoms with Crippen molar-refractivity contribution in [2.24, 2.45) is 0 Å². The number of ether oxygens (including phenoxy) is 1. The molecule has 1 unspecified atom stereocenters. The highest BCUT2D eigenvalue weighted by Crippen LogP contribution is 2.31. The van der Waals surface area contributed by atoms with Gasteiger partial charge in [0.05, 0.1) is 11.3 Å². The first-order chi connectivity index (χ1) is 9.93. The third-order valence-electron chi connectivity index (χ3n) is 4.15. The van der Waals surface area contributed by atoms with Crippen molar-refractivity contribution in [3.05, 3.63) is 23.5 Å². The van der Waals surface area contributed by atoms with Gasteiger partial charge in [0.15, 0.2) is 0 Å². The van der Waals surface area contributed by atoms with Gasteiger partial charge in [-0.05, 0) is 50.8 Å². The first-order valence-electron chi connectivity index (χ1n) is 7.46. The van der Waals surface area contributed by atoms with E-state index in [0.29, 0.717) is 25.1 Å². The average Bonchev–Trinajstić information content (AvgIpc) is 2.39. The molecule has 3 rings (SSSR count). The lowest BCUT2D eigenvalue weighted by molar-refractivity contribution is -0.116. The topological polar surface area (TPSA) is 50.4 Å². The normalized spacial score (nSPS) is 24.1. The smallest absolute Gasteiger partial charge is 0.224 e. The van der Waals surface area contributed by atoms with Gasteiger partial charge in [-0.3, -0.25) is 4.79 Å². The second kappa shape index (κ2) is 5.30. The lowest BCUT2D eigenvalue weighted by atomic mass is 9.93. The van der Waals surface area contributed by atoms with Crippen LogP contribution in [0.25, 0.3) is 0 Å². The van der Waals surface area contributed by atoms with Crippen LogP contribution in [0.5, 0.6) is 0 Å². The zero-order chi connectivity index (χ0) is 15.0. The van der Waals surface area contributed by atoms with Crippen LogP contribution in [-0.4, -0.2) is 24.2 Å². The lowest BCUT2D eigenvalue weighted by Crippen LogP contribution is -2.40. The van der Waals surface area contributed by atoms with Crippen LogP contribution in [0.15, 0.2) is 12.1 Å². The van der Waals surface area contributed by atoms with E-state index in [2.05, 4.69) is 10.6 Å². The maximum absolute atomic E-state index is 14.2. The Morgan fingerprint density at radius 1 is 1.38 bits per heavy atom. The fourth-order valence-electron chi connectivity index (χ4n) is 3.08. The Bertz CT molecular complexity index is 572. The molecule has 5 heteroatoms. The maximum atomic E-state index is 14.2. The molecular weight excluding hydrogens is 271 g/mol. The van der Waals surface area contributed by atoms with Gasteiger partial charge in [-0.25, -0.2) is 4.39 Å². The van der Waals surface area contributed by atoms with Crippen LogP contribution in [0.1, 0.15) is 38.7 Å². The van der Waals surface area contributed by atoms with Gasteiger partial charge in [0.2, 0.25) is 5.91 Å². The number of rotatable bonds is 2. The number of anilines is 2. The molecule has 1 aromatic carbocycles. The average molecular weight is 292 g/mol. The summed E-state index contributed by atoms with van der Waals surface area (Å²) in [5, 5.41) is 6.07. The van der Waals surface area contributed by atoms with Crippen LogP contribution in [0, 0.1) is 5.82 Å². The predicted octanol–water partition coefficient (Wildman–Crippen LogP) is 3.08. The van der Waals surface area contributed by atoms with Gasteiger partial charge in [-0.15, -0.1) is 0 Å². The molecule has 21 heavy (non-hydrogen) atoms. The van der Waals surface area contributed by atoms with Crippen molar-refractivity contribution in [3.63, 3.8) is 0 Å². The van der Waals surface area contributed by atoms with Crippen LogP contribution < -0.4 is 10.6 Å².